The Kier molecular flexibility index (Phi) is 8.46. The van der Waals surface area contributed by atoms with Crippen LogP contribution in [0.25, 0.3) is 0 Å². The number of aliphatic carboxylic acids is 1. The van der Waals surface area contributed by atoms with Gasteiger partial charge in [0.25, 0.3) is 0 Å². The third-order valence-electron chi connectivity index (χ3n) is 2.80. The molecule has 5 nitrogen and oxygen atoms in total. The maximum Gasteiger partial charge on any atom is 0.326 e. The summed E-state index contributed by atoms with van der Waals surface area (Å²) in [7, 11) is 0. The van der Waals surface area contributed by atoms with Gasteiger partial charge in [-0.25, -0.2) is 4.79 Å². The predicted molar refractivity (Wildman–Crippen MR) is 80.6 cm³/mol. The van der Waals surface area contributed by atoms with Crippen LogP contribution < -0.4 is 10.6 Å². The molecule has 0 bridgehead atoms. The molecule has 0 aliphatic rings. The van der Waals surface area contributed by atoms with E-state index in [-0.39, 0.29) is 11.3 Å². The molecule has 0 radical (unpaired) electrons. The van der Waals surface area contributed by atoms with E-state index in [1.165, 1.54) is 0 Å². The molecule has 0 saturated carbocycles. The van der Waals surface area contributed by atoms with Crippen LogP contribution >= 0.6 is 0 Å². The summed E-state index contributed by atoms with van der Waals surface area (Å²) < 4.78 is 0. The van der Waals surface area contributed by atoms with Gasteiger partial charge in [-0.1, -0.05) is 34.6 Å². The summed E-state index contributed by atoms with van der Waals surface area (Å²) in [5, 5.41) is 15.0. The van der Waals surface area contributed by atoms with Crippen LogP contribution in [0.1, 0.15) is 60.3 Å². The minimum absolute atomic E-state index is 0.131. The fourth-order valence-electron chi connectivity index (χ4n) is 1.85. The monoisotopic (exact) mass is 286 g/mol. The summed E-state index contributed by atoms with van der Waals surface area (Å²) in [6, 6.07) is -0.333. The van der Waals surface area contributed by atoms with Crippen molar-refractivity contribution in [1.29, 1.82) is 0 Å². The Morgan fingerprint density at radius 3 is 2.20 bits per heavy atom. The number of carboxylic acid groups (broad SMARTS) is 1. The van der Waals surface area contributed by atoms with Crippen molar-refractivity contribution in [3.8, 4) is 0 Å². The molecule has 0 fully saturated rings. The number of hydrogen-bond acceptors (Lipinski definition) is 3. The van der Waals surface area contributed by atoms with Gasteiger partial charge in [0.05, 0.1) is 0 Å². The molecule has 0 aliphatic heterocycles. The third-order valence-corrected chi connectivity index (χ3v) is 2.80. The molecule has 0 heterocycles. The Labute approximate surface area is 122 Å². The zero-order valence-corrected chi connectivity index (χ0v) is 13.5. The van der Waals surface area contributed by atoms with Crippen LogP contribution in [-0.2, 0) is 9.59 Å². The molecular formula is C15H30N2O3. The standard InChI is InChI=1S/C15H30N2O3/c1-11(2)16-9-7-6-8-12(14(19)20)17-13(18)10-15(3,4)5/h11-12,16H,6-10H2,1-5H3,(H,17,18)(H,19,20)/t12-/m0/s1. The second-order valence-electron chi connectivity index (χ2n) is 6.80. The molecule has 0 unspecified atom stereocenters. The molecule has 0 aliphatic carbocycles. The Bertz CT molecular complexity index is 309. The van der Waals surface area contributed by atoms with Gasteiger partial charge in [0.2, 0.25) is 5.91 Å². The first-order valence-electron chi connectivity index (χ1n) is 7.37. The average Bonchev–Trinajstić information content (AvgIpc) is 2.23. The lowest BCUT2D eigenvalue weighted by Gasteiger charge is -2.20. The van der Waals surface area contributed by atoms with E-state index < -0.39 is 12.0 Å². The van der Waals surface area contributed by atoms with Gasteiger partial charge >= 0.3 is 5.97 Å². The van der Waals surface area contributed by atoms with Crippen molar-refractivity contribution in [3.63, 3.8) is 0 Å². The van der Waals surface area contributed by atoms with E-state index >= 15 is 0 Å². The smallest absolute Gasteiger partial charge is 0.326 e. The number of carbonyl (C=O) groups excluding carboxylic acids is 1. The first-order valence-corrected chi connectivity index (χ1v) is 7.37. The zero-order valence-electron chi connectivity index (χ0n) is 13.5. The molecule has 1 amide bonds. The first-order chi connectivity index (χ1) is 9.11. The van der Waals surface area contributed by atoms with Crippen molar-refractivity contribution in [2.75, 3.05) is 6.54 Å². The van der Waals surface area contributed by atoms with Crippen LogP contribution in [0.2, 0.25) is 0 Å². The molecule has 0 aromatic carbocycles. The third kappa shape index (κ3) is 10.8. The molecule has 1 atom stereocenters. The number of amides is 1. The van der Waals surface area contributed by atoms with E-state index in [1.807, 2.05) is 20.8 Å². The molecule has 118 valence electrons. The normalized spacial score (nSPS) is 13.3. The second-order valence-corrected chi connectivity index (χ2v) is 6.80. The zero-order chi connectivity index (χ0) is 15.8. The minimum Gasteiger partial charge on any atom is -0.480 e. The van der Waals surface area contributed by atoms with Gasteiger partial charge in [-0.05, 0) is 31.2 Å². The van der Waals surface area contributed by atoms with Crippen LogP contribution in [-0.4, -0.2) is 35.6 Å². The van der Waals surface area contributed by atoms with Crippen molar-refractivity contribution in [2.24, 2.45) is 5.41 Å². The number of nitrogens with one attached hydrogen (secondary N) is 2. The molecular weight excluding hydrogens is 256 g/mol. The van der Waals surface area contributed by atoms with Crippen LogP contribution in [0.3, 0.4) is 0 Å². The van der Waals surface area contributed by atoms with Gasteiger partial charge in [-0.15, -0.1) is 0 Å². The molecule has 0 spiro atoms. The molecule has 20 heavy (non-hydrogen) atoms. The average molecular weight is 286 g/mol. The fourth-order valence-corrected chi connectivity index (χ4v) is 1.85. The van der Waals surface area contributed by atoms with Crippen molar-refractivity contribution >= 4 is 11.9 Å². The van der Waals surface area contributed by atoms with Gasteiger partial charge in [-0.2, -0.15) is 0 Å². The lowest BCUT2D eigenvalue weighted by atomic mass is 9.92. The maximum atomic E-state index is 11.8. The molecule has 3 N–H and O–H groups in total. The number of carboxylic acids is 1. The highest BCUT2D eigenvalue weighted by Crippen LogP contribution is 2.18. The lowest BCUT2D eigenvalue weighted by Crippen LogP contribution is -2.42. The highest BCUT2D eigenvalue weighted by Gasteiger charge is 2.22. The van der Waals surface area contributed by atoms with Gasteiger partial charge < -0.3 is 15.7 Å². The van der Waals surface area contributed by atoms with Crippen molar-refractivity contribution in [2.45, 2.75) is 72.4 Å². The SMILES string of the molecule is CC(C)NCCCC[C@H](NC(=O)CC(C)(C)C)C(=O)O. The fraction of sp³-hybridized carbons (Fsp3) is 0.867. The molecule has 0 rings (SSSR count). The maximum absolute atomic E-state index is 11.8. The van der Waals surface area contributed by atoms with Crippen molar-refractivity contribution in [3.05, 3.63) is 0 Å². The number of carbonyl (C=O) groups is 2. The van der Waals surface area contributed by atoms with E-state index in [1.54, 1.807) is 0 Å². The summed E-state index contributed by atoms with van der Waals surface area (Å²) in [5.41, 5.74) is -0.131. The van der Waals surface area contributed by atoms with Crippen molar-refractivity contribution in [1.82, 2.24) is 10.6 Å². The largest absolute Gasteiger partial charge is 0.480 e. The quantitative estimate of drug-likeness (QED) is 0.568. The molecule has 0 aromatic rings. The highest BCUT2D eigenvalue weighted by molar-refractivity contribution is 5.83. The van der Waals surface area contributed by atoms with Crippen LogP contribution in [0.4, 0.5) is 0 Å². The second kappa shape index (κ2) is 8.95. The lowest BCUT2D eigenvalue weighted by molar-refractivity contribution is -0.142. The Morgan fingerprint density at radius 1 is 1.15 bits per heavy atom. The minimum atomic E-state index is -0.955. The molecule has 5 heteroatoms. The Balaban J connectivity index is 4.05. The molecule has 0 aromatic heterocycles. The van der Waals surface area contributed by atoms with E-state index in [2.05, 4.69) is 24.5 Å². The van der Waals surface area contributed by atoms with Crippen LogP contribution in [0.15, 0.2) is 0 Å². The molecule has 0 saturated heterocycles. The first kappa shape index (κ1) is 18.9. The summed E-state index contributed by atoms with van der Waals surface area (Å²) in [6.07, 6.45) is 2.51. The van der Waals surface area contributed by atoms with E-state index in [9.17, 15) is 9.59 Å². The summed E-state index contributed by atoms with van der Waals surface area (Å²) >= 11 is 0. The highest BCUT2D eigenvalue weighted by atomic mass is 16.4. The van der Waals surface area contributed by atoms with Gasteiger partial charge in [0.1, 0.15) is 6.04 Å². The van der Waals surface area contributed by atoms with E-state index in [4.69, 9.17) is 5.11 Å². The van der Waals surface area contributed by atoms with Crippen LogP contribution in [0, 0.1) is 5.41 Å². The predicted octanol–water partition coefficient (Wildman–Crippen LogP) is 2.16. The summed E-state index contributed by atoms with van der Waals surface area (Å²) in [5.74, 6) is -1.14. The van der Waals surface area contributed by atoms with Crippen LogP contribution in [0.5, 0.6) is 0 Å². The number of hydrogen-bond donors (Lipinski definition) is 3. The van der Waals surface area contributed by atoms with Crippen molar-refractivity contribution < 1.29 is 14.7 Å². The Morgan fingerprint density at radius 2 is 1.75 bits per heavy atom. The van der Waals surface area contributed by atoms with Gasteiger partial charge in [-0.3, -0.25) is 4.79 Å². The summed E-state index contributed by atoms with van der Waals surface area (Å²) in [6.45, 7) is 10.9. The topological polar surface area (TPSA) is 78.4 Å². The number of rotatable bonds is 9. The summed E-state index contributed by atoms with van der Waals surface area (Å²) in [4.78, 5) is 22.9. The van der Waals surface area contributed by atoms with Gasteiger partial charge in [0, 0.05) is 12.5 Å². The Hall–Kier alpha value is -1.10. The number of unbranched alkanes of at least 4 members (excludes halogenated alkanes) is 1. The van der Waals surface area contributed by atoms with E-state index in [0.717, 1.165) is 19.4 Å². The van der Waals surface area contributed by atoms with Gasteiger partial charge in [0.15, 0.2) is 0 Å². The van der Waals surface area contributed by atoms with E-state index in [0.29, 0.717) is 18.9 Å².